The lowest BCUT2D eigenvalue weighted by Gasteiger charge is -2.24. The topological polar surface area (TPSA) is 149 Å². The SMILES string of the molecule is C[C@@H]1NC(=O)COc2cc(O)cc(c2)C(=O)NCCCN(CC(=O)O)CCCCN(C)C1=O. The van der Waals surface area contributed by atoms with Crippen LogP contribution in [-0.4, -0.2) is 96.1 Å². The minimum atomic E-state index is -0.933. The number of carboxylic acids is 1. The summed E-state index contributed by atoms with van der Waals surface area (Å²) in [6.45, 7) is 2.90. The third-order valence-corrected chi connectivity index (χ3v) is 5.16. The van der Waals surface area contributed by atoms with Crippen LogP contribution in [0.5, 0.6) is 11.5 Å². The largest absolute Gasteiger partial charge is 0.508 e. The van der Waals surface area contributed by atoms with Crippen molar-refractivity contribution in [1.82, 2.24) is 20.4 Å². The number of carboxylic acid groups (broad SMARTS) is 1. The first-order valence-electron chi connectivity index (χ1n) is 10.9. The molecule has 0 unspecified atom stereocenters. The molecule has 0 aliphatic carbocycles. The van der Waals surface area contributed by atoms with E-state index in [1.165, 1.54) is 23.1 Å². The van der Waals surface area contributed by atoms with E-state index in [0.29, 0.717) is 45.4 Å². The minimum Gasteiger partial charge on any atom is -0.508 e. The van der Waals surface area contributed by atoms with Crippen LogP contribution in [-0.2, 0) is 14.4 Å². The standard InChI is InChI=1S/C22H32N4O7/c1-15-22(32)25(2)7-3-4-8-26(13-20(29)30)9-5-6-23-21(31)16-10-17(27)12-18(11-16)33-14-19(28)24-15/h10-12,15,27H,3-9,13-14H2,1-2H3,(H,23,31)(H,24,28)(H,29,30)/t15-/m0/s1. The number of likely N-dealkylation sites (N-methyl/N-ethyl adjacent to an activating group) is 1. The van der Waals surface area contributed by atoms with Crippen molar-refractivity contribution in [1.29, 1.82) is 0 Å². The van der Waals surface area contributed by atoms with Gasteiger partial charge in [0.15, 0.2) is 6.61 Å². The predicted octanol–water partition coefficient (Wildman–Crippen LogP) is 0.0344. The number of amides is 3. The number of nitrogens with zero attached hydrogens (tertiary/aromatic N) is 2. The molecule has 0 fully saturated rings. The van der Waals surface area contributed by atoms with Crippen LogP contribution in [0.3, 0.4) is 0 Å². The van der Waals surface area contributed by atoms with Crippen molar-refractivity contribution in [2.45, 2.75) is 32.2 Å². The second kappa shape index (κ2) is 12.6. The van der Waals surface area contributed by atoms with Crippen LogP contribution >= 0.6 is 0 Å². The van der Waals surface area contributed by atoms with E-state index in [1.54, 1.807) is 18.9 Å². The Balaban J connectivity index is 2.13. The Kier molecular flexibility index (Phi) is 9.92. The first-order chi connectivity index (χ1) is 15.7. The monoisotopic (exact) mass is 464 g/mol. The smallest absolute Gasteiger partial charge is 0.317 e. The number of benzene rings is 1. The number of ether oxygens (including phenoxy) is 1. The van der Waals surface area contributed by atoms with Gasteiger partial charge in [0.25, 0.3) is 11.8 Å². The van der Waals surface area contributed by atoms with Gasteiger partial charge in [-0.15, -0.1) is 0 Å². The molecular weight excluding hydrogens is 432 g/mol. The average molecular weight is 465 g/mol. The molecular formula is C22H32N4O7. The molecule has 0 saturated heterocycles. The predicted molar refractivity (Wildman–Crippen MR) is 119 cm³/mol. The zero-order valence-corrected chi connectivity index (χ0v) is 19.0. The van der Waals surface area contributed by atoms with E-state index < -0.39 is 23.8 Å². The highest BCUT2D eigenvalue weighted by Crippen LogP contribution is 2.22. The number of aliphatic carboxylic acids is 1. The van der Waals surface area contributed by atoms with Gasteiger partial charge < -0.3 is 30.5 Å². The molecule has 0 radical (unpaired) electrons. The molecule has 1 aromatic carbocycles. The molecule has 33 heavy (non-hydrogen) atoms. The molecule has 0 saturated carbocycles. The fourth-order valence-corrected chi connectivity index (χ4v) is 3.48. The van der Waals surface area contributed by atoms with Gasteiger partial charge in [-0.2, -0.15) is 0 Å². The molecule has 11 nitrogen and oxygen atoms in total. The summed E-state index contributed by atoms with van der Waals surface area (Å²) >= 11 is 0. The summed E-state index contributed by atoms with van der Waals surface area (Å²) in [5, 5.41) is 24.4. The average Bonchev–Trinajstić information content (AvgIpc) is 2.75. The fraction of sp³-hybridized carbons (Fsp3) is 0.545. The van der Waals surface area contributed by atoms with E-state index >= 15 is 0 Å². The molecule has 0 spiro atoms. The molecule has 0 aromatic heterocycles. The number of hydrogen-bond acceptors (Lipinski definition) is 7. The lowest BCUT2D eigenvalue weighted by Crippen LogP contribution is -2.47. The van der Waals surface area contributed by atoms with Gasteiger partial charge in [-0.3, -0.25) is 24.1 Å². The van der Waals surface area contributed by atoms with Crippen molar-refractivity contribution in [2.75, 3.05) is 46.4 Å². The third kappa shape index (κ3) is 8.97. The highest BCUT2D eigenvalue weighted by molar-refractivity contribution is 5.95. The molecule has 2 bridgehead atoms. The Hall–Kier alpha value is -3.34. The Labute approximate surface area is 192 Å². The number of rotatable bonds is 2. The Morgan fingerprint density at radius 3 is 2.55 bits per heavy atom. The van der Waals surface area contributed by atoms with Crippen molar-refractivity contribution in [3.8, 4) is 11.5 Å². The van der Waals surface area contributed by atoms with Gasteiger partial charge >= 0.3 is 5.97 Å². The van der Waals surface area contributed by atoms with Gasteiger partial charge in [-0.05, 0) is 44.9 Å². The quantitative estimate of drug-likeness (QED) is 0.479. The molecule has 2 rings (SSSR count). The second-order valence-electron chi connectivity index (χ2n) is 8.04. The van der Waals surface area contributed by atoms with Crippen LogP contribution in [0.15, 0.2) is 18.2 Å². The second-order valence-corrected chi connectivity index (χ2v) is 8.04. The summed E-state index contributed by atoms with van der Waals surface area (Å²) < 4.78 is 5.39. The van der Waals surface area contributed by atoms with Crippen molar-refractivity contribution >= 4 is 23.7 Å². The van der Waals surface area contributed by atoms with E-state index in [9.17, 15) is 24.3 Å². The van der Waals surface area contributed by atoms with Crippen LogP contribution < -0.4 is 15.4 Å². The Bertz CT molecular complexity index is 861. The molecule has 1 aliphatic rings. The lowest BCUT2D eigenvalue weighted by atomic mass is 10.2. The van der Waals surface area contributed by atoms with Crippen molar-refractivity contribution in [3.63, 3.8) is 0 Å². The number of phenolic OH excluding ortho intramolecular Hbond substituents is 1. The minimum absolute atomic E-state index is 0.112. The number of carbonyl (C=O) groups excluding carboxylic acids is 3. The number of nitrogens with one attached hydrogen (secondary N) is 2. The normalized spacial score (nSPS) is 20.4. The van der Waals surface area contributed by atoms with Crippen molar-refractivity contribution in [3.05, 3.63) is 23.8 Å². The van der Waals surface area contributed by atoms with E-state index in [1.807, 2.05) is 0 Å². The summed E-state index contributed by atoms with van der Waals surface area (Å²) in [5.74, 6) is -2.19. The molecule has 3 amide bonds. The van der Waals surface area contributed by atoms with Crippen molar-refractivity contribution < 1.29 is 34.1 Å². The molecule has 1 heterocycles. The maximum absolute atomic E-state index is 12.5. The van der Waals surface area contributed by atoms with Gasteiger partial charge in [0.1, 0.15) is 17.5 Å². The van der Waals surface area contributed by atoms with Crippen LogP contribution in [0.1, 0.15) is 36.5 Å². The molecule has 1 aromatic rings. The lowest BCUT2D eigenvalue weighted by molar-refractivity contribution is -0.138. The zero-order valence-electron chi connectivity index (χ0n) is 19.0. The van der Waals surface area contributed by atoms with Gasteiger partial charge in [-0.1, -0.05) is 0 Å². The van der Waals surface area contributed by atoms with E-state index in [2.05, 4.69) is 10.6 Å². The number of aromatic hydroxyl groups is 1. The summed E-state index contributed by atoms with van der Waals surface area (Å²) in [4.78, 5) is 51.6. The highest BCUT2D eigenvalue weighted by Gasteiger charge is 2.20. The molecule has 1 atom stereocenters. The number of fused-ring (bicyclic) bond motifs is 2. The van der Waals surface area contributed by atoms with Crippen molar-refractivity contribution in [2.24, 2.45) is 0 Å². The molecule has 1 aliphatic heterocycles. The molecule has 4 N–H and O–H groups in total. The summed E-state index contributed by atoms with van der Waals surface area (Å²) in [7, 11) is 1.65. The van der Waals surface area contributed by atoms with E-state index in [4.69, 9.17) is 9.84 Å². The van der Waals surface area contributed by atoms with E-state index in [0.717, 1.165) is 0 Å². The van der Waals surface area contributed by atoms with Gasteiger partial charge in [0.05, 0.1) is 6.54 Å². The highest BCUT2D eigenvalue weighted by atomic mass is 16.5. The van der Waals surface area contributed by atoms with Crippen LogP contribution in [0, 0.1) is 0 Å². The zero-order chi connectivity index (χ0) is 24.4. The van der Waals surface area contributed by atoms with E-state index in [-0.39, 0.29) is 36.1 Å². The fourth-order valence-electron chi connectivity index (χ4n) is 3.48. The summed E-state index contributed by atoms with van der Waals surface area (Å²) in [5.41, 5.74) is 0.160. The summed E-state index contributed by atoms with van der Waals surface area (Å²) in [6, 6.07) is 3.20. The van der Waals surface area contributed by atoms with Gasteiger partial charge in [-0.25, -0.2) is 0 Å². The number of hydrogen-bond donors (Lipinski definition) is 4. The van der Waals surface area contributed by atoms with Crippen LogP contribution in [0.25, 0.3) is 0 Å². The Morgan fingerprint density at radius 2 is 1.82 bits per heavy atom. The van der Waals surface area contributed by atoms with Crippen LogP contribution in [0.4, 0.5) is 0 Å². The first-order valence-corrected chi connectivity index (χ1v) is 10.9. The number of carbonyl (C=O) groups is 4. The third-order valence-electron chi connectivity index (χ3n) is 5.16. The molecule has 11 heteroatoms. The number of phenols is 1. The van der Waals surface area contributed by atoms with Crippen LogP contribution in [0.2, 0.25) is 0 Å². The first kappa shape index (κ1) is 25.9. The Morgan fingerprint density at radius 1 is 1.12 bits per heavy atom. The maximum atomic E-state index is 12.5. The maximum Gasteiger partial charge on any atom is 0.317 e. The molecule has 182 valence electrons. The van der Waals surface area contributed by atoms with Gasteiger partial charge in [0, 0.05) is 38.3 Å². The summed E-state index contributed by atoms with van der Waals surface area (Å²) in [6.07, 6.45) is 1.91. The van der Waals surface area contributed by atoms with Gasteiger partial charge in [0.2, 0.25) is 5.91 Å².